The van der Waals surface area contributed by atoms with Crippen molar-refractivity contribution in [2.75, 3.05) is 39.6 Å². The Morgan fingerprint density at radius 1 is 0.283 bits per heavy atom. The van der Waals surface area contributed by atoms with Crippen LogP contribution in [0.2, 0.25) is 0 Å². The van der Waals surface area contributed by atoms with Crippen molar-refractivity contribution in [1.82, 2.24) is 0 Å². The quantitative estimate of drug-likeness (QED) is 0.0146. The maximum atomic E-state index is 12.9. The molecule has 572 valence electrons. The van der Waals surface area contributed by atoms with Gasteiger partial charge < -0.3 is 34.2 Å². The van der Waals surface area contributed by atoms with Crippen LogP contribution in [0.25, 0.3) is 0 Å². The number of unbranched alkanes of at least 4 members (excludes halogenated alkanes) is 33. The second-order valence-corrected chi connectivity index (χ2v) is 29.1. The summed E-state index contributed by atoms with van der Waals surface area (Å²) in [5, 5.41) is 20.6. The minimum atomic E-state index is -4.93. The molecule has 0 amide bonds. The monoisotopic (exact) mass is 1430 g/mol. The van der Waals surface area contributed by atoms with Gasteiger partial charge in [0.25, 0.3) is 0 Å². The number of esters is 3. The van der Waals surface area contributed by atoms with Gasteiger partial charge in [-0.05, 0) is 128 Å². The van der Waals surface area contributed by atoms with Crippen molar-refractivity contribution in [1.29, 1.82) is 0 Å². The molecule has 18 heteroatoms. The number of carbonyl (C=O) groups excluding carboxylic acids is 3. The highest BCUT2D eigenvalue weighted by Crippen LogP contribution is 2.45. The van der Waals surface area contributed by atoms with Crippen LogP contribution in [0.3, 0.4) is 0 Å². The number of aliphatic hydroxyl groups excluding tert-OH is 2. The Bertz CT molecular complexity index is 2240. The Kier molecular flexibility index (Phi) is 71.1. The first kappa shape index (κ1) is 95.2. The van der Waals surface area contributed by atoms with E-state index in [1.807, 2.05) is 0 Å². The standard InChI is InChI=1S/C81H142O16P2/c1-4-7-10-13-16-19-22-24-26-28-30-32-33-34-35-36-37-38-39-40-41-43-45-46-48-50-53-55-58-61-64-67-79(84)91-70-76(82)71-93-98(87,88)94-72-77(83)73-95-99(89,90)96-75-78(97-81(86)69-66-63-60-57-52-21-18-15-12-9-6-3)74-92-80(85)68-65-62-59-56-54-51-49-47-44-42-31-29-27-25-23-20-17-14-11-8-5-2/h15-20,24-27,30-32,34-35,42,47,49,76-78,82-83H,4-14,21-23,28-29,33,36-41,43-46,48,50-75H2,1-3H3,(H,87,88)(H,89,90)/b18-15-,19-16-,20-17-,26-24-,27-25-,32-30-,35-34-,42-31-,49-47-. The van der Waals surface area contributed by atoms with Gasteiger partial charge >= 0.3 is 33.6 Å². The van der Waals surface area contributed by atoms with E-state index in [2.05, 4.69) is 130 Å². The first-order valence-electron chi connectivity index (χ1n) is 39.2. The number of phosphoric acid groups is 2. The third-order valence-corrected chi connectivity index (χ3v) is 18.3. The highest BCUT2D eigenvalue weighted by Gasteiger charge is 2.29. The zero-order chi connectivity index (χ0) is 72.3. The van der Waals surface area contributed by atoms with Crippen molar-refractivity contribution in [2.45, 2.75) is 347 Å². The van der Waals surface area contributed by atoms with Crippen LogP contribution in [0.1, 0.15) is 329 Å². The summed E-state index contributed by atoms with van der Waals surface area (Å²) in [6.45, 7) is 2.56. The molecule has 5 unspecified atom stereocenters. The van der Waals surface area contributed by atoms with Crippen molar-refractivity contribution in [3.63, 3.8) is 0 Å². The summed E-state index contributed by atoms with van der Waals surface area (Å²) >= 11 is 0. The lowest BCUT2D eigenvalue weighted by Gasteiger charge is -2.21. The van der Waals surface area contributed by atoms with Crippen LogP contribution < -0.4 is 0 Å². The molecule has 0 aliphatic heterocycles. The normalized spacial score (nSPS) is 14.6. The van der Waals surface area contributed by atoms with Crippen LogP contribution in [-0.2, 0) is 55.8 Å². The summed E-state index contributed by atoms with van der Waals surface area (Å²) in [5.74, 6) is -1.60. The van der Waals surface area contributed by atoms with Crippen molar-refractivity contribution >= 4 is 33.6 Å². The second kappa shape index (κ2) is 73.9. The van der Waals surface area contributed by atoms with Crippen molar-refractivity contribution in [3.8, 4) is 0 Å². The van der Waals surface area contributed by atoms with Gasteiger partial charge in [-0.2, -0.15) is 0 Å². The van der Waals surface area contributed by atoms with E-state index in [0.29, 0.717) is 19.3 Å². The predicted octanol–water partition coefficient (Wildman–Crippen LogP) is 22.8. The van der Waals surface area contributed by atoms with Crippen LogP contribution in [0.4, 0.5) is 0 Å². The number of carbonyl (C=O) groups is 3. The molecule has 0 aromatic carbocycles. The Hall–Kier alpha value is -3.79. The molecule has 0 radical (unpaired) electrons. The van der Waals surface area contributed by atoms with Gasteiger partial charge in [-0.1, -0.05) is 291 Å². The van der Waals surface area contributed by atoms with Crippen LogP contribution in [0.15, 0.2) is 109 Å². The van der Waals surface area contributed by atoms with Gasteiger partial charge in [0.2, 0.25) is 0 Å². The molecule has 99 heavy (non-hydrogen) atoms. The zero-order valence-electron chi connectivity index (χ0n) is 62.4. The lowest BCUT2D eigenvalue weighted by atomic mass is 10.0. The van der Waals surface area contributed by atoms with Crippen LogP contribution in [-0.4, -0.2) is 95.9 Å². The molecule has 0 aliphatic rings. The summed E-state index contributed by atoms with van der Waals surface area (Å²) in [6, 6.07) is 0. The maximum absolute atomic E-state index is 12.9. The van der Waals surface area contributed by atoms with E-state index in [9.17, 15) is 43.5 Å². The largest absolute Gasteiger partial charge is 0.472 e. The average Bonchev–Trinajstić information content (AvgIpc) is 1.17. The molecular weight excluding hydrogens is 1290 g/mol. The molecule has 0 spiro atoms. The Morgan fingerprint density at radius 3 is 0.838 bits per heavy atom. The number of ether oxygens (including phenoxy) is 3. The second-order valence-electron chi connectivity index (χ2n) is 26.2. The van der Waals surface area contributed by atoms with Gasteiger partial charge in [0.15, 0.2) is 6.10 Å². The lowest BCUT2D eigenvalue weighted by molar-refractivity contribution is -0.161. The Balaban J connectivity index is 4.41. The van der Waals surface area contributed by atoms with Gasteiger partial charge in [0.05, 0.1) is 26.4 Å². The Morgan fingerprint density at radius 2 is 0.515 bits per heavy atom. The van der Waals surface area contributed by atoms with Crippen LogP contribution in [0.5, 0.6) is 0 Å². The molecule has 0 aromatic rings. The first-order chi connectivity index (χ1) is 48.2. The van der Waals surface area contributed by atoms with Gasteiger partial charge in [-0.3, -0.25) is 32.5 Å². The third-order valence-electron chi connectivity index (χ3n) is 16.4. The number of allylic oxidation sites excluding steroid dienone is 18. The molecule has 0 aliphatic carbocycles. The minimum Gasteiger partial charge on any atom is -0.463 e. The highest BCUT2D eigenvalue weighted by atomic mass is 31.2. The van der Waals surface area contributed by atoms with E-state index < -0.39 is 91.5 Å². The molecule has 0 bridgehead atoms. The summed E-state index contributed by atoms with van der Waals surface area (Å²) in [7, 11) is -9.79. The molecule has 5 atom stereocenters. The van der Waals surface area contributed by atoms with E-state index in [-0.39, 0.29) is 19.3 Å². The predicted molar refractivity (Wildman–Crippen MR) is 408 cm³/mol. The molecule has 0 fully saturated rings. The van der Waals surface area contributed by atoms with E-state index >= 15 is 0 Å². The maximum Gasteiger partial charge on any atom is 0.472 e. The SMILES string of the molecule is CCCC/C=C\CCCCCCCC(=O)OC(COC(=O)CCCCCCC/C=C\C/C=C\C/C=C\C/C=C\CCCCC)COP(=O)(O)OCC(O)COP(=O)(O)OCC(O)COC(=O)CCCCCCCCCCCCCCCCC/C=C\C/C=C\C/C=C\C/C=C\CCCCC. The Labute approximate surface area is 602 Å². The first-order valence-corrected chi connectivity index (χ1v) is 42.2. The van der Waals surface area contributed by atoms with Gasteiger partial charge in [0.1, 0.15) is 25.4 Å². The summed E-state index contributed by atoms with van der Waals surface area (Å²) in [6.07, 6.45) is 85.9. The average molecular weight is 1430 g/mol. The fourth-order valence-corrected chi connectivity index (χ4v) is 12.0. The summed E-state index contributed by atoms with van der Waals surface area (Å²) in [4.78, 5) is 58.5. The molecule has 0 heterocycles. The van der Waals surface area contributed by atoms with Crippen LogP contribution >= 0.6 is 15.6 Å². The zero-order valence-corrected chi connectivity index (χ0v) is 64.2. The van der Waals surface area contributed by atoms with Crippen LogP contribution in [0, 0.1) is 0 Å². The highest BCUT2D eigenvalue weighted by molar-refractivity contribution is 7.47. The molecule has 4 N–H and O–H groups in total. The van der Waals surface area contributed by atoms with Gasteiger partial charge in [0, 0.05) is 19.3 Å². The minimum absolute atomic E-state index is 0.0889. The van der Waals surface area contributed by atoms with E-state index in [4.69, 9.17) is 32.3 Å². The fourth-order valence-electron chi connectivity index (χ4n) is 10.4. The lowest BCUT2D eigenvalue weighted by Crippen LogP contribution is -2.30. The molecule has 0 rings (SSSR count). The number of phosphoric ester groups is 2. The molecule has 0 aromatic heterocycles. The topological polar surface area (TPSA) is 231 Å². The molecular formula is C81H142O16P2. The van der Waals surface area contributed by atoms with Crippen molar-refractivity contribution in [2.24, 2.45) is 0 Å². The molecule has 16 nitrogen and oxygen atoms in total. The number of aliphatic hydroxyl groups is 2. The number of hydrogen-bond donors (Lipinski definition) is 4. The molecule has 0 saturated carbocycles. The summed E-state index contributed by atoms with van der Waals surface area (Å²) in [5.41, 5.74) is 0. The van der Waals surface area contributed by atoms with Gasteiger partial charge in [-0.25, -0.2) is 9.13 Å². The number of hydrogen-bond acceptors (Lipinski definition) is 14. The van der Waals surface area contributed by atoms with Crippen molar-refractivity contribution < 1.29 is 75.8 Å². The smallest absolute Gasteiger partial charge is 0.463 e. The van der Waals surface area contributed by atoms with E-state index in [0.717, 1.165) is 128 Å². The third kappa shape index (κ3) is 75.2. The van der Waals surface area contributed by atoms with E-state index in [1.165, 1.54) is 141 Å². The van der Waals surface area contributed by atoms with E-state index in [1.54, 1.807) is 0 Å². The fraction of sp³-hybridized carbons (Fsp3) is 0.741. The molecule has 0 saturated heterocycles. The van der Waals surface area contributed by atoms with Crippen molar-refractivity contribution in [3.05, 3.63) is 109 Å². The van der Waals surface area contributed by atoms with Gasteiger partial charge in [-0.15, -0.1) is 0 Å². The summed E-state index contributed by atoms with van der Waals surface area (Å²) < 4.78 is 61.0. The number of rotatable bonds is 74.